The maximum Gasteiger partial charge on any atom is 0.341 e. The molecule has 1 amide bonds. The van der Waals surface area contributed by atoms with Gasteiger partial charge in [-0.25, -0.2) is 4.79 Å². The van der Waals surface area contributed by atoms with Crippen molar-refractivity contribution in [2.45, 2.75) is 32.7 Å². The van der Waals surface area contributed by atoms with Crippen LogP contribution in [-0.4, -0.2) is 37.0 Å². The summed E-state index contributed by atoms with van der Waals surface area (Å²) in [6.07, 6.45) is 1.87. The number of nitrogens with zero attached hydrogens (tertiary/aromatic N) is 1. The van der Waals surface area contributed by atoms with Crippen LogP contribution in [0.1, 0.15) is 39.7 Å². The maximum atomic E-state index is 12.4. The SMILES string of the molecule is CCN1CCc2c(sc(NC(=O)CCc3ccccc3)c2C(=O)OC)C1.Cl. The largest absolute Gasteiger partial charge is 0.465 e. The van der Waals surface area contributed by atoms with Crippen LogP contribution in [0.25, 0.3) is 0 Å². The number of methoxy groups -OCH3 is 1. The zero-order valence-corrected chi connectivity index (χ0v) is 17.3. The van der Waals surface area contributed by atoms with Crippen LogP contribution in [0.3, 0.4) is 0 Å². The number of rotatable bonds is 6. The second-order valence-corrected chi connectivity index (χ2v) is 7.46. The highest BCUT2D eigenvalue weighted by atomic mass is 35.5. The first-order chi connectivity index (χ1) is 12.6. The number of ether oxygens (including phenoxy) is 1. The van der Waals surface area contributed by atoms with E-state index in [1.807, 2.05) is 30.3 Å². The van der Waals surface area contributed by atoms with Gasteiger partial charge >= 0.3 is 5.97 Å². The lowest BCUT2D eigenvalue weighted by molar-refractivity contribution is -0.116. The maximum absolute atomic E-state index is 12.4. The van der Waals surface area contributed by atoms with Crippen LogP contribution in [0.15, 0.2) is 30.3 Å². The van der Waals surface area contributed by atoms with Gasteiger partial charge in [0.25, 0.3) is 0 Å². The monoisotopic (exact) mass is 408 g/mol. The predicted octanol–water partition coefficient (Wildman–Crippen LogP) is 3.91. The first kappa shape index (κ1) is 21.4. The minimum atomic E-state index is -0.370. The summed E-state index contributed by atoms with van der Waals surface area (Å²) in [4.78, 5) is 28.2. The molecule has 0 saturated carbocycles. The van der Waals surface area contributed by atoms with E-state index in [0.29, 0.717) is 23.4 Å². The van der Waals surface area contributed by atoms with Crippen molar-refractivity contribution in [3.05, 3.63) is 51.9 Å². The molecule has 0 saturated heterocycles. The molecular weight excluding hydrogens is 384 g/mol. The third-order valence-electron chi connectivity index (χ3n) is 4.71. The van der Waals surface area contributed by atoms with Gasteiger partial charge in [0.2, 0.25) is 5.91 Å². The number of carbonyl (C=O) groups excluding carboxylic acids is 2. The molecule has 2 aromatic rings. The van der Waals surface area contributed by atoms with Gasteiger partial charge in [-0.15, -0.1) is 23.7 Å². The Hall–Kier alpha value is -1.89. The summed E-state index contributed by atoms with van der Waals surface area (Å²) in [6.45, 7) is 4.85. The molecule has 1 aromatic heterocycles. The Bertz CT molecular complexity index is 792. The number of thiophene rings is 1. The molecule has 0 unspecified atom stereocenters. The number of amides is 1. The van der Waals surface area contributed by atoms with Gasteiger partial charge in [-0.05, 0) is 30.5 Å². The number of hydrogen-bond acceptors (Lipinski definition) is 5. The van der Waals surface area contributed by atoms with E-state index in [-0.39, 0.29) is 24.3 Å². The molecule has 1 aliphatic heterocycles. The van der Waals surface area contributed by atoms with Gasteiger partial charge in [-0.2, -0.15) is 0 Å². The van der Waals surface area contributed by atoms with Gasteiger partial charge in [0.15, 0.2) is 0 Å². The number of fused-ring (bicyclic) bond motifs is 1. The number of benzene rings is 1. The van der Waals surface area contributed by atoms with Gasteiger partial charge in [0.1, 0.15) is 5.00 Å². The topological polar surface area (TPSA) is 58.6 Å². The van der Waals surface area contributed by atoms with Crippen molar-refractivity contribution >= 4 is 40.6 Å². The Morgan fingerprint density at radius 2 is 2.00 bits per heavy atom. The molecule has 146 valence electrons. The lowest BCUT2D eigenvalue weighted by atomic mass is 10.0. The summed E-state index contributed by atoms with van der Waals surface area (Å²) in [5.74, 6) is -0.448. The average molecular weight is 409 g/mol. The van der Waals surface area contributed by atoms with Crippen molar-refractivity contribution in [2.75, 3.05) is 25.5 Å². The second-order valence-electron chi connectivity index (χ2n) is 6.35. The molecule has 0 aliphatic carbocycles. The summed E-state index contributed by atoms with van der Waals surface area (Å²) in [7, 11) is 1.38. The van der Waals surface area contributed by atoms with Crippen molar-refractivity contribution in [1.82, 2.24) is 4.90 Å². The molecule has 0 fully saturated rings. The van der Waals surface area contributed by atoms with E-state index in [4.69, 9.17) is 4.74 Å². The minimum Gasteiger partial charge on any atom is -0.465 e. The van der Waals surface area contributed by atoms with E-state index in [9.17, 15) is 9.59 Å². The smallest absolute Gasteiger partial charge is 0.341 e. The molecular formula is C20H25ClN2O3S. The number of likely N-dealkylation sites (N-methyl/N-ethyl adjacent to an activating group) is 1. The van der Waals surface area contributed by atoms with E-state index >= 15 is 0 Å². The number of anilines is 1. The first-order valence-corrected chi connectivity index (χ1v) is 9.73. The number of hydrogen-bond donors (Lipinski definition) is 1. The first-order valence-electron chi connectivity index (χ1n) is 8.91. The molecule has 27 heavy (non-hydrogen) atoms. The van der Waals surface area contributed by atoms with E-state index in [1.54, 1.807) is 0 Å². The van der Waals surface area contributed by atoms with Crippen molar-refractivity contribution in [2.24, 2.45) is 0 Å². The zero-order chi connectivity index (χ0) is 18.5. The molecule has 0 bridgehead atoms. The molecule has 7 heteroatoms. The molecule has 1 aliphatic rings. The highest BCUT2D eigenvalue weighted by Crippen LogP contribution is 2.37. The Kier molecular flexibility index (Phi) is 7.83. The lowest BCUT2D eigenvalue weighted by Gasteiger charge is -2.25. The fraction of sp³-hybridized carbons (Fsp3) is 0.400. The fourth-order valence-electron chi connectivity index (χ4n) is 3.22. The fourth-order valence-corrected chi connectivity index (χ4v) is 4.52. The third kappa shape index (κ3) is 5.09. The van der Waals surface area contributed by atoms with Crippen molar-refractivity contribution in [3.63, 3.8) is 0 Å². The number of halogens is 1. The van der Waals surface area contributed by atoms with Gasteiger partial charge in [-0.1, -0.05) is 37.3 Å². The summed E-state index contributed by atoms with van der Waals surface area (Å²) in [6, 6.07) is 9.92. The zero-order valence-electron chi connectivity index (χ0n) is 15.6. The van der Waals surface area contributed by atoms with E-state index < -0.39 is 0 Å². The average Bonchev–Trinajstić information content (AvgIpc) is 3.03. The molecule has 5 nitrogen and oxygen atoms in total. The number of esters is 1. The Morgan fingerprint density at radius 1 is 1.26 bits per heavy atom. The van der Waals surface area contributed by atoms with Gasteiger partial charge < -0.3 is 10.1 Å². The van der Waals surface area contributed by atoms with Crippen molar-refractivity contribution in [1.29, 1.82) is 0 Å². The van der Waals surface area contributed by atoms with Gasteiger partial charge in [-0.3, -0.25) is 9.69 Å². The van der Waals surface area contributed by atoms with Gasteiger partial charge in [0, 0.05) is 24.4 Å². The molecule has 2 heterocycles. The number of aryl methyl sites for hydroxylation is 1. The molecule has 1 aromatic carbocycles. The van der Waals surface area contributed by atoms with Crippen LogP contribution in [0.5, 0.6) is 0 Å². The summed E-state index contributed by atoms with van der Waals surface area (Å²) in [5, 5.41) is 3.57. The van der Waals surface area contributed by atoms with Crippen molar-refractivity contribution in [3.8, 4) is 0 Å². The normalized spacial score (nSPS) is 13.4. The minimum absolute atomic E-state index is 0. The van der Waals surface area contributed by atoms with E-state index in [2.05, 4.69) is 17.1 Å². The Morgan fingerprint density at radius 3 is 2.67 bits per heavy atom. The quantitative estimate of drug-likeness (QED) is 0.736. The van der Waals surface area contributed by atoms with Crippen LogP contribution in [-0.2, 0) is 28.9 Å². The molecule has 1 N–H and O–H groups in total. The molecule has 0 spiro atoms. The number of nitrogens with one attached hydrogen (secondary N) is 1. The highest BCUT2D eigenvalue weighted by molar-refractivity contribution is 7.17. The Balaban J connectivity index is 0.00000261. The predicted molar refractivity (Wildman–Crippen MR) is 111 cm³/mol. The standard InChI is InChI=1S/C20H24N2O3S.ClH/c1-3-22-12-11-15-16(13-22)26-19(18(15)20(24)25-2)21-17(23)10-9-14-7-5-4-6-8-14;/h4-8H,3,9-13H2,1-2H3,(H,21,23);1H. The molecule has 0 atom stereocenters. The second kappa shape index (κ2) is 9.88. The molecule has 3 rings (SSSR count). The summed E-state index contributed by atoms with van der Waals surface area (Å²) >= 11 is 1.50. The number of carbonyl (C=O) groups is 2. The van der Waals surface area contributed by atoms with Crippen LogP contribution in [0.2, 0.25) is 0 Å². The van der Waals surface area contributed by atoms with Crippen LogP contribution in [0.4, 0.5) is 5.00 Å². The third-order valence-corrected chi connectivity index (χ3v) is 5.84. The van der Waals surface area contributed by atoms with E-state index in [0.717, 1.165) is 42.1 Å². The van der Waals surface area contributed by atoms with E-state index in [1.165, 1.54) is 18.4 Å². The van der Waals surface area contributed by atoms with Crippen molar-refractivity contribution < 1.29 is 14.3 Å². The summed E-state index contributed by atoms with van der Waals surface area (Å²) < 4.78 is 4.97. The lowest BCUT2D eigenvalue weighted by Crippen LogP contribution is -2.29. The Labute approximate surface area is 170 Å². The van der Waals surface area contributed by atoms with Gasteiger partial charge in [0.05, 0.1) is 12.7 Å². The van der Waals surface area contributed by atoms with Crippen LogP contribution < -0.4 is 5.32 Å². The summed E-state index contributed by atoms with van der Waals surface area (Å²) in [5.41, 5.74) is 2.70. The van der Waals surface area contributed by atoms with Crippen LogP contribution >= 0.6 is 23.7 Å². The highest BCUT2D eigenvalue weighted by Gasteiger charge is 2.28. The molecule has 0 radical (unpaired) electrons. The van der Waals surface area contributed by atoms with Crippen LogP contribution in [0, 0.1) is 0 Å².